The van der Waals surface area contributed by atoms with Crippen LogP contribution in [0.2, 0.25) is 0 Å². The minimum Gasteiger partial charge on any atom is -0.448 e. The normalized spacial score (nSPS) is 23.7. The van der Waals surface area contributed by atoms with Crippen LogP contribution < -0.4 is 14.8 Å². The molecule has 1 aromatic carbocycles. The standard InChI is InChI=1S/C18H22N2O5/c1-12-11-20(8-9-23-12)17(22)16(21)19-13-4-5-14-15(10-13)25-18(24-14)6-2-3-7-18/h4-5,10,12H,2-3,6-9,11H2,1H3,(H,19,21)/t12-/m1/s1. The second-order valence-corrected chi connectivity index (χ2v) is 6.87. The Labute approximate surface area is 146 Å². The van der Waals surface area contributed by atoms with Crippen LogP contribution in [-0.2, 0) is 14.3 Å². The number of anilines is 1. The van der Waals surface area contributed by atoms with Crippen molar-refractivity contribution in [3.8, 4) is 11.5 Å². The van der Waals surface area contributed by atoms with Gasteiger partial charge in [-0.2, -0.15) is 0 Å². The van der Waals surface area contributed by atoms with Crippen molar-refractivity contribution in [2.24, 2.45) is 0 Å². The number of nitrogens with zero attached hydrogens (tertiary/aromatic N) is 1. The summed E-state index contributed by atoms with van der Waals surface area (Å²) in [6.45, 7) is 3.19. The van der Waals surface area contributed by atoms with Crippen molar-refractivity contribution in [1.29, 1.82) is 0 Å². The van der Waals surface area contributed by atoms with Gasteiger partial charge in [0.15, 0.2) is 11.5 Å². The van der Waals surface area contributed by atoms with Crippen LogP contribution in [0.3, 0.4) is 0 Å². The number of carbonyl (C=O) groups is 2. The first-order valence-electron chi connectivity index (χ1n) is 8.79. The van der Waals surface area contributed by atoms with E-state index >= 15 is 0 Å². The largest absolute Gasteiger partial charge is 0.448 e. The molecule has 1 atom stereocenters. The van der Waals surface area contributed by atoms with Crippen LogP contribution in [0.1, 0.15) is 32.6 Å². The Morgan fingerprint density at radius 1 is 1.20 bits per heavy atom. The minimum absolute atomic E-state index is 0.0568. The molecule has 0 unspecified atom stereocenters. The van der Waals surface area contributed by atoms with Crippen LogP contribution in [-0.4, -0.2) is 48.3 Å². The zero-order valence-corrected chi connectivity index (χ0v) is 14.2. The second kappa shape index (κ2) is 6.22. The Morgan fingerprint density at radius 3 is 2.72 bits per heavy atom. The lowest BCUT2D eigenvalue weighted by molar-refractivity contribution is -0.147. The van der Waals surface area contributed by atoms with Gasteiger partial charge in [0, 0.05) is 37.7 Å². The molecule has 134 valence electrons. The number of hydrogen-bond donors (Lipinski definition) is 1. The number of rotatable bonds is 1. The van der Waals surface area contributed by atoms with Crippen LogP contribution in [0, 0.1) is 0 Å². The smallest absolute Gasteiger partial charge is 0.313 e. The number of fused-ring (bicyclic) bond motifs is 1. The molecule has 7 heteroatoms. The highest BCUT2D eigenvalue weighted by Crippen LogP contribution is 2.47. The summed E-state index contributed by atoms with van der Waals surface area (Å²) < 4.78 is 17.3. The zero-order valence-electron chi connectivity index (χ0n) is 14.2. The number of morpholine rings is 1. The Kier molecular flexibility index (Phi) is 4.03. The quantitative estimate of drug-likeness (QED) is 0.786. The Balaban J connectivity index is 1.42. The summed E-state index contributed by atoms with van der Waals surface area (Å²) in [6.07, 6.45) is 3.86. The molecule has 0 bridgehead atoms. The van der Waals surface area contributed by atoms with Gasteiger partial charge in [-0.3, -0.25) is 9.59 Å². The molecule has 0 radical (unpaired) electrons. The number of carbonyl (C=O) groups excluding carboxylic acids is 2. The summed E-state index contributed by atoms with van der Waals surface area (Å²) in [5, 5.41) is 2.66. The van der Waals surface area contributed by atoms with E-state index in [1.54, 1.807) is 18.2 Å². The Morgan fingerprint density at radius 2 is 1.96 bits per heavy atom. The third-order valence-electron chi connectivity index (χ3n) is 4.88. The molecular weight excluding hydrogens is 324 g/mol. The van der Waals surface area contributed by atoms with Crippen molar-refractivity contribution in [3.63, 3.8) is 0 Å². The van der Waals surface area contributed by atoms with E-state index in [0.717, 1.165) is 25.7 Å². The summed E-state index contributed by atoms with van der Waals surface area (Å²) in [5.74, 6) is -0.422. The predicted molar refractivity (Wildman–Crippen MR) is 89.5 cm³/mol. The molecule has 7 nitrogen and oxygen atoms in total. The van der Waals surface area contributed by atoms with Gasteiger partial charge in [-0.15, -0.1) is 0 Å². The number of benzene rings is 1. The van der Waals surface area contributed by atoms with Gasteiger partial charge in [-0.25, -0.2) is 0 Å². The second-order valence-electron chi connectivity index (χ2n) is 6.87. The molecular formula is C18H22N2O5. The highest BCUT2D eigenvalue weighted by Gasteiger charge is 2.44. The maximum absolute atomic E-state index is 12.3. The van der Waals surface area contributed by atoms with E-state index in [4.69, 9.17) is 14.2 Å². The molecule has 1 saturated heterocycles. The summed E-state index contributed by atoms with van der Waals surface area (Å²) >= 11 is 0. The topological polar surface area (TPSA) is 77.1 Å². The summed E-state index contributed by atoms with van der Waals surface area (Å²) in [6, 6.07) is 5.22. The lowest BCUT2D eigenvalue weighted by Gasteiger charge is -2.30. The molecule has 1 saturated carbocycles. The average molecular weight is 346 g/mol. The molecule has 1 N–H and O–H groups in total. The molecule has 2 amide bonds. The maximum atomic E-state index is 12.3. The van der Waals surface area contributed by atoms with Crippen LogP contribution in [0.4, 0.5) is 5.69 Å². The summed E-state index contributed by atoms with van der Waals surface area (Å²) in [7, 11) is 0. The predicted octanol–water partition coefficient (Wildman–Crippen LogP) is 1.91. The van der Waals surface area contributed by atoms with Gasteiger partial charge < -0.3 is 24.4 Å². The van der Waals surface area contributed by atoms with E-state index < -0.39 is 17.6 Å². The highest BCUT2D eigenvalue weighted by molar-refractivity contribution is 6.39. The molecule has 1 aliphatic carbocycles. The van der Waals surface area contributed by atoms with Crippen LogP contribution in [0.5, 0.6) is 11.5 Å². The number of amides is 2. The molecule has 1 aromatic rings. The SMILES string of the molecule is C[C@@H]1CN(C(=O)C(=O)Nc2ccc3c(c2)OC2(CCCC2)O3)CCO1. The first-order chi connectivity index (χ1) is 12.0. The van der Waals surface area contributed by atoms with Gasteiger partial charge in [0.05, 0.1) is 12.7 Å². The fraction of sp³-hybridized carbons (Fsp3) is 0.556. The molecule has 3 aliphatic rings. The average Bonchev–Trinajstić information content (AvgIpc) is 3.20. The van der Waals surface area contributed by atoms with Gasteiger partial charge in [0.2, 0.25) is 0 Å². The van der Waals surface area contributed by atoms with Gasteiger partial charge in [-0.05, 0) is 31.9 Å². The molecule has 0 aromatic heterocycles. The summed E-state index contributed by atoms with van der Waals surface area (Å²) in [4.78, 5) is 26.1. The monoisotopic (exact) mass is 346 g/mol. The van der Waals surface area contributed by atoms with Crippen molar-refractivity contribution in [1.82, 2.24) is 4.90 Å². The van der Waals surface area contributed by atoms with E-state index in [9.17, 15) is 9.59 Å². The molecule has 4 rings (SSSR count). The van der Waals surface area contributed by atoms with Crippen LogP contribution >= 0.6 is 0 Å². The first kappa shape index (κ1) is 16.2. The van der Waals surface area contributed by atoms with E-state index in [1.807, 2.05) is 6.92 Å². The van der Waals surface area contributed by atoms with Crippen LogP contribution in [0.15, 0.2) is 18.2 Å². The number of hydrogen-bond acceptors (Lipinski definition) is 5. The van der Waals surface area contributed by atoms with Gasteiger partial charge in [-0.1, -0.05) is 0 Å². The fourth-order valence-electron chi connectivity index (χ4n) is 3.62. The Bertz CT molecular complexity index is 699. The number of ether oxygens (including phenoxy) is 3. The first-order valence-corrected chi connectivity index (χ1v) is 8.79. The summed E-state index contributed by atoms with van der Waals surface area (Å²) in [5.41, 5.74) is 0.525. The van der Waals surface area contributed by atoms with Crippen molar-refractivity contribution in [3.05, 3.63) is 18.2 Å². The van der Waals surface area contributed by atoms with E-state index in [2.05, 4.69) is 5.32 Å². The van der Waals surface area contributed by atoms with Crippen molar-refractivity contribution < 1.29 is 23.8 Å². The molecule has 2 heterocycles. The zero-order chi connectivity index (χ0) is 17.4. The molecule has 2 aliphatic heterocycles. The molecule has 25 heavy (non-hydrogen) atoms. The third-order valence-corrected chi connectivity index (χ3v) is 4.88. The van der Waals surface area contributed by atoms with Gasteiger partial charge >= 0.3 is 11.8 Å². The minimum atomic E-state index is -0.649. The fourth-order valence-corrected chi connectivity index (χ4v) is 3.62. The maximum Gasteiger partial charge on any atom is 0.313 e. The third kappa shape index (κ3) is 3.16. The Hall–Kier alpha value is -2.28. The lowest BCUT2D eigenvalue weighted by atomic mass is 10.2. The van der Waals surface area contributed by atoms with Crippen molar-refractivity contribution in [2.75, 3.05) is 25.0 Å². The molecule has 2 fully saturated rings. The lowest BCUT2D eigenvalue weighted by Crippen LogP contribution is -2.48. The van der Waals surface area contributed by atoms with Crippen molar-refractivity contribution >= 4 is 17.5 Å². The molecule has 1 spiro atoms. The van der Waals surface area contributed by atoms with E-state index in [1.165, 1.54) is 4.90 Å². The van der Waals surface area contributed by atoms with E-state index in [0.29, 0.717) is 36.9 Å². The highest BCUT2D eigenvalue weighted by atomic mass is 16.7. The van der Waals surface area contributed by atoms with E-state index in [-0.39, 0.29) is 6.10 Å². The number of nitrogens with one attached hydrogen (secondary N) is 1. The van der Waals surface area contributed by atoms with Gasteiger partial charge in [0.25, 0.3) is 5.79 Å². The van der Waals surface area contributed by atoms with Gasteiger partial charge in [0.1, 0.15) is 0 Å². The van der Waals surface area contributed by atoms with Crippen molar-refractivity contribution in [2.45, 2.75) is 44.5 Å². The van der Waals surface area contributed by atoms with Crippen LogP contribution in [0.25, 0.3) is 0 Å².